The van der Waals surface area contributed by atoms with Gasteiger partial charge in [-0.1, -0.05) is 118 Å². The fraction of sp³-hybridized carbons (Fsp3) is 0.657. The summed E-state index contributed by atoms with van der Waals surface area (Å²) in [6.45, 7) is 26.7. The van der Waals surface area contributed by atoms with Gasteiger partial charge in [-0.05, 0) is 68.9 Å². The predicted octanol–water partition coefficient (Wildman–Crippen LogP) is 7.16. The molecule has 2 aromatic carbocycles. The van der Waals surface area contributed by atoms with Crippen molar-refractivity contribution < 1.29 is 38.8 Å². The molecule has 0 aliphatic heterocycles. The molecule has 0 spiro atoms. The molecule has 0 aromatic heterocycles. The highest BCUT2D eigenvalue weighted by atomic mass is 31.2. The zero-order valence-corrected chi connectivity index (χ0v) is 31.6. The lowest BCUT2D eigenvalue weighted by Gasteiger charge is -2.54. The van der Waals surface area contributed by atoms with Gasteiger partial charge in [0.25, 0.3) is 0 Å². The van der Waals surface area contributed by atoms with Crippen molar-refractivity contribution in [3.8, 4) is 0 Å². The van der Waals surface area contributed by atoms with Crippen LogP contribution in [0.25, 0.3) is 0 Å². The summed E-state index contributed by atoms with van der Waals surface area (Å²) in [5.74, 6) is 0. The van der Waals surface area contributed by atoms with Gasteiger partial charge >= 0.3 is 17.2 Å². The van der Waals surface area contributed by atoms with Crippen LogP contribution in [0.4, 0.5) is 0 Å². The van der Waals surface area contributed by atoms with Crippen molar-refractivity contribution >= 4 is 17.2 Å². The number of aryl methyl sites for hydroxylation is 2. The first-order valence-electron chi connectivity index (χ1n) is 15.4. The van der Waals surface area contributed by atoms with E-state index in [1.54, 1.807) is 0 Å². The van der Waals surface area contributed by atoms with Crippen LogP contribution in [0.3, 0.4) is 0 Å². The Balaban J connectivity index is 3.75. The molecule has 10 heteroatoms. The van der Waals surface area contributed by atoms with Gasteiger partial charge in [0.15, 0.2) is 0 Å². The second kappa shape index (κ2) is 13.8. The first-order chi connectivity index (χ1) is 20.2. The maximum absolute atomic E-state index is 11.5. The Morgan fingerprint density at radius 1 is 0.533 bits per heavy atom. The molecule has 8 nitrogen and oxygen atoms in total. The number of rotatable bonds is 10. The number of hydrogen-bond acceptors (Lipinski definition) is 8. The number of aliphatic hydroxyl groups excluding tert-OH is 2. The minimum Gasteiger partial charge on any atom is -0.395 e. The summed E-state index contributed by atoms with van der Waals surface area (Å²) in [4.78, 5) is 42.1. The van der Waals surface area contributed by atoms with Gasteiger partial charge in [0, 0.05) is 0 Å². The Morgan fingerprint density at radius 2 is 0.822 bits per heavy atom. The van der Waals surface area contributed by atoms with Crippen LogP contribution in [0.1, 0.15) is 128 Å². The van der Waals surface area contributed by atoms with Crippen LogP contribution in [0.2, 0.25) is 0 Å². The topological polar surface area (TPSA) is 140 Å². The van der Waals surface area contributed by atoms with E-state index >= 15 is 0 Å². The van der Waals surface area contributed by atoms with Crippen molar-refractivity contribution in [2.75, 3.05) is 19.8 Å². The van der Waals surface area contributed by atoms with Crippen LogP contribution >= 0.6 is 17.2 Å². The minimum atomic E-state index is -3.14. The summed E-state index contributed by atoms with van der Waals surface area (Å²) in [7, 11) is -6.05. The number of hydrogen-bond donors (Lipinski definition) is 6. The fourth-order valence-corrected chi connectivity index (χ4v) is 7.29. The molecule has 0 aliphatic rings. The average Bonchev–Trinajstić information content (AvgIpc) is 2.85. The highest BCUT2D eigenvalue weighted by molar-refractivity contribution is 7.39. The molecule has 2 aromatic rings. The molecule has 0 saturated carbocycles. The molecule has 0 aliphatic carbocycles. The molecule has 0 fully saturated rings. The molecule has 0 atom stereocenters. The second-order valence-electron chi connectivity index (χ2n) is 16.6. The normalized spacial score (nSPS) is 14.2. The van der Waals surface area contributed by atoms with Crippen molar-refractivity contribution in [3.05, 3.63) is 68.8 Å². The standard InChI is InChI=1S/C35H58O8P2/c1-22-15-24(30(3,4)5)28(25(16-22)31(6,7)8)35(43-45(40)41,34(19-36,20-37)21-42-44(38)39)29-26(32(9,10)11)17-23(2)18-27(29)33(12,13)14/h15-18,36-41H,19-21H2,1-14H3. The first kappa shape index (κ1) is 40.2. The first-order valence-corrected chi connectivity index (χ1v) is 17.7. The van der Waals surface area contributed by atoms with Gasteiger partial charge in [0.2, 0.25) is 0 Å². The van der Waals surface area contributed by atoms with Crippen molar-refractivity contribution in [1.29, 1.82) is 0 Å². The van der Waals surface area contributed by atoms with Crippen LogP contribution < -0.4 is 0 Å². The molecular formula is C35H58O8P2. The SMILES string of the molecule is Cc1cc(C(C)(C)C)c(C(OP(O)O)(c2c(C(C)(C)C)cc(C)cc2C(C)(C)C)C(CO)(CO)COP(O)O)c(C(C)(C)C)c1. The Labute approximate surface area is 273 Å². The molecule has 6 N–H and O–H groups in total. The quantitative estimate of drug-likeness (QED) is 0.147. The maximum Gasteiger partial charge on any atom is 0.328 e. The third-order valence-corrected chi connectivity index (χ3v) is 9.33. The van der Waals surface area contributed by atoms with Crippen molar-refractivity contribution in [2.45, 2.75) is 124 Å². The zero-order valence-electron chi connectivity index (χ0n) is 29.8. The molecule has 0 heterocycles. The van der Waals surface area contributed by atoms with Crippen molar-refractivity contribution in [3.63, 3.8) is 0 Å². The van der Waals surface area contributed by atoms with Gasteiger partial charge in [-0.25, -0.2) is 0 Å². The summed E-state index contributed by atoms with van der Waals surface area (Å²) < 4.78 is 12.1. The molecule has 45 heavy (non-hydrogen) atoms. The molecule has 0 saturated heterocycles. The van der Waals surface area contributed by atoms with Crippen molar-refractivity contribution in [2.24, 2.45) is 5.41 Å². The molecule has 0 amide bonds. The maximum atomic E-state index is 11.5. The Hall–Kier alpha value is -1.02. The predicted molar refractivity (Wildman–Crippen MR) is 184 cm³/mol. The monoisotopic (exact) mass is 668 g/mol. The van der Waals surface area contributed by atoms with E-state index in [1.807, 2.05) is 38.1 Å². The van der Waals surface area contributed by atoms with E-state index < -0.39 is 69.7 Å². The largest absolute Gasteiger partial charge is 0.395 e. The van der Waals surface area contributed by atoms with Crippen molar-refractivity contribution in [1.82, 2.24) is 0 Å². The lowest BCUT2D eigenvalue weighted by molar-refractivity contribution is -0.123. The van der Waals surface area contributed by atoms with Crippen LogP contribution in [-0.4, -0.2) is 49.6 Å². The van der Waals surface area contributed by atoms with Crippen LogP contribution in [-0.2, 0) is 36.3 Å². The van der Waals surface area contributed by atoms with E-state index in [2.05, 4.69) is 83.1 Å². The molecule has 0 unspecified atom stereocenters. The zero-order chi connectivity index (χ0) is 35.1. The highest BCUT2D eigenvalue weighted by Crippen LogP contribution is 2.61. The van der Waals surface area contributed by atoms with Crippen LogP contribution in [0.5, 0.6) is 0 Å². The summed E-state index contributed by atoms with van der Waals surface area (Å²) in [5.41, 5.74) is 0.472. The third-order valence-electron chi connectivity index (χ3n) is 8.53. The smallest absolute Gasteiger partial charge is 0.328 e. The molecular weight excluding hydrogens is 610 g/mol. The average molecular weight is 669 g/mol. The molecule has 2 rings (SSSR count). The second-order valence-corrected chi connectivity index (χ2v) is 18.1. The van der Waals surface area contributed by atoms with Crippen LogP contribution in [0.15, 0.2) is 24.3 Å². The van der Waals surface area contributed by atoms with Gasteiger partial charge in [-0.3, -0.25) is 4.52 Å². The van der Waals surface area contributed by atoms with Gasteiger partial charge in [0.05, 0.1) is 25.2 Å². The summed E-state index contributed by atoms with van der Waals surface area (Å²) in [5, 5.41) is 23.0. The molecule has 0 radical (unpaired) electrons. The summed E-state index contributed by atoms with van der Waals surface area (Å²) in [6, 6.07) is 8.19. The van der Waals surface area contributed by atoms with E-state index in [0.29, 0.717) is 11.1 Å². The van der Waals surface area contributed by atoms with Gasteiger partial charge in [-0.2, -0.15) is 0 Å². The van der Waals surface area contributed by atoms with Crippen LogP contribution in [0, 0.1) is 19.3 Å². The van der Waals surface area contributed by atoms with E-state index in [1.165, 1.54) is 0 Å². The number of benzene rings is 2. The van der Waals surface area contributed by atoms with E-state index in [0.717, 1.165) is 33.4 Å². The van der Waals surface area contributed by atoms with E-state index in [-0.39, 0.29) is 0 Å². The Kier molecular flexibility index (Phi) is 12.3. The summed E-state index contributed by atoms with van der Waals surface area (Å²) in [6.07, 6.45) is 0. The van der Waals surface area contributed by atoms with Gasteiger partial charge < -0.3 is 34.3 Å². The lowest BCUT2D eigenvalue weighted by atomic mass is 9.56. The third kappa shape index (κ3) is 8.35. The van der Waals surface area contributed by atoms with E-state index in [9.17, 15) is 29.8 Å². The highest BCUT2D eigenvalue weighted by Gasteiger charge is 2.61. The molecule has 0 bridgehead atoms. The van der Waals surface area contributed by atoms with E-state index in [4.69, 9.17) is 9.05 Å². The Bertz CT molecular complexity index is 1170. The fourth-order valence-electron chi connectivity index (χ4n) is 6.31. The minimum absolute atomic E-state index is 0.532. The lowest BCUT2D eigenvalue weighted by Crippen LogP contribution is -2.58. The Morgan fingerprint density at radius 3 is 1.02 bits per heavy atom. The summed E-state index contributed by atoms with van der Waals surface area (Å²) >= 11 is 0. The number of aliphatic hydroxyl groups is 2. The van der Waals surface area contributed by atoms with Gasteiger partial charge in [0.1, 0.15) is 5.60 Å². The van der Waals surface area contributed by atoms with Gasteiger partial charge in [-0.15, -0.1) is 0 Å². The molecule has 256 valence electrons.